The molecule has 0 aliphatic heterocycles. The van der Waals surface area contributed by atoms with Gasteiger partial charge in [-0.2, -0.15) is 0 Å². The first kappa shape index (κ1) is 10.6. The lowest BCUT2D eigenvalue weighted by Gasteiger charge is -2.01. The lowest BCUT2D eigenvalue weighted by molar-refractivity contribution is 0.103. The van der Waals surface area contributed by atoms with Crippen molar-refractivity contribution in [1.82, 2.24) is 0 Å². The van der Waals surface area contributed by atoms with Crippen LogP contribution in [0.2, 0.25) is 0 Å². The minimum atomic E-state index is -0.305. The highest BCUT2D eigenvalue weighted by atomic mass is 19.1. The van der Waals surface area contributed by atoms with Crippen molar-refractivity contribution < 1.29 is 13.6 Å². The molecule has 0 atom stereocenters. The Labute approximate surface area is 92.7 Å². The molecule has 82 valence electrons. The third kappa shape index (κ3) is 1.76. The number of furan rings is 1. The summed E-state index contributed by atoms with van der Waals surface area (Å²) in [6.07, 6.45) is 1.47. The summed E-state index contributed by atoms with van der Waals surface area (Å²) in [4.78, 5) is 12.0. The summed E-state index contributed by atoms with van der Waals surface area (Å²) in [5, 5.41) is 0. The average molecular weight is 218 g/mol. The maximum Gasteiger partial charge on any atom is 0.196 e. The summed E-state index contributed by atoms with van der Waals surface area (Å²) in [7, 11) is 0. The van der Waals surface area contributed by atoms with Gasteiger partial charge in [-0.3, -0.25) is 4.79 Å². The summed E-state index contributed by atoms with van der Waals surface area (Å²) >= 11 is 0. The van der Waals surface area contributed by atoms with E-state index >= 15 is 0 Å². The molecular formula is C13H11FO2. The highest BCUT2D eigenvalue weighted by Crippen LogP contribution is 2.17. The summed E-state index contributed by atoms with van der Waals surface area (Å²) in [6.45, 7) is 3.36. The fourth-order valence-corrected chi connectivity index (χ4v) is 1.56. The van der Waals surface area contributed by atoms with Crippen LogP contribution in [0.1, 0.15) is 27.2 Å². The zero-order chi connectivity index (χ0) is 11.7. The van der Waals surface area contributed by atoms with Crippen LogP contribution < -0.4 is 0 Å². The van der Waals surface area contributed by atoms with Gasteiger partial charge >= 0.3 is 0 Å². The van der Waals surface area contributed by atoms with E-state index in [1.165, 1.54) is 18.4 Å². The molecule has 0 saturated carbocycles. The first-order valence-electron chi connectivity index (χ1n) is 4.94. The second-order valence-corrected chi connectivity index (χ2v) is 3.68. The molecule has 0 amide bonds. The van der Waals surface area contributed by atoms with Gasteiger partial charge in [0.05, 0.1) is 11.8 Å². The standard InChI is InChI=1S/C13H11FO2/c1-8-7-10(3-4-12(8)14)13(15)11-5-6-16-9(11)2/h3-7H,1-2H3. The highest BCUT2D eigenvalue weighted by molar-refractivity contribution is 6.09. The summed E-state index contributed by atoms with van der Waals surface area (Å²) in [5.74, 6) is 0.127. The Morgan fingerprint density at radius 2 is 2.00 bits per heavy atom. The molecule has 3 heteroatoms. The van der Waals surface area contributed by atoms with Crippen LogP contribution in [0.5, 0.6) is 0 Å². The molecule has 0 unspecified atom stereocenters. The molecule has 0 saturated heterocycles. The zero-order valence-electron chi connectivity index (χ0n) is 9.08. The van der Waals surface area contributed by atoms with Crippen LogP contribution in [0.15, 0.2) is 34.9 Å². The van der Waals surface area contributed by atoms with Gasteiger partial charge in [0.25, 0.3) is 0 Å². The molecule has 1 aromatic carbocycles. The predicted octanol–water partition coefficient (Wildman–Crippen LogP) is 3.27. The van der Waals surface area contributed by atoms with Gasteiger partial charge < -0.3 is 4.42 Å². The van der Waals surface area contributed by atoms with E-state index in [4.69, 9.17) is 4.42 Å². The number of rotatable bonds is 2. The van der Waals surface area contributed by atoms with Crippen LogP contribution in [-0.2, 0) is 0 Å². The molecule has 0 aliphatic rings. The molecule has 1 heterocycles. The number of hydrogen-bond donors (Lipinski definition) is 0. The SMILES string of the molecule is Cc1cc(C(=O)c2ccoc2C)ccc1F. The Kier molecular flexibility index (Phi) is 2.60. The lowest BCUT2D eigenvalue weighted by Crippen LogP contribution is -2.02. The van der Waals surface area contributed by atoms with Crippen molar-refractivity contribution in [2.75, 3.05) is 0 Å². The van der Waals surface area contributed by atoms with Crippen LogP contribution in [0.4, 0.5) is 4.39 Å². The number of carbonyl (C=O) groups excluding carboxylic acids is 1. The fourth-order valence-electron chi connectivity index (χ4n) is 1.56. The van der Waals surface area contributed by atoms with E-state index in [-0.39, 0.29) is 11.6 Å². The van der Waals surface area contributed by atoms with Crippen LogP contribution >= 0.6 is 0 Å². The van der Waals surface area contributed by atoms with E-state index in [2.05, 4.69) is 0 Å². The molecule has 0 radical (unpaired) electrons. The van der Waals surface area contributed by atoms with Crippen molar-refractivity contribution in [1.29, 1.82) is 0 Å². The van der Waals surface area contributed by atoms with Crippen molar-refractivity contribution in [2.24, 2.45) is 0 Å². The van der Waals surface area contributed by atoms with Crippen LogP contribution in [0, 0.1) is 19.7 Å². The molecule has 0 aliphatic carbocycles. The number of ketones is 1. The normalized spacial score (nSPS) is 10.4. The first-order chi connectivity index (χ1) is 7.59. The fraction of sp³-hybridized carbons (Fsp3) is 0.154. The Morgan fingerprint density at radius 3 is 2.56 bits per heavy atom. The van der Waals surface area contributed by atoms with Gasteiger partial charge in [-0.1, -0.05) is 0 Å². The number of carbonyl (C=O) groups is 1. The van der Waals surface area contributed by atoms with E-state index in [1.807, 2.05) is 0 Å². The maximum absolute atomic E-state index is 13.1. The monoisotopic (exact) mass is 218 g/mol. The van der Waals surface area contributed by atoms with E-state index in [1.54, 1.807) is 26.0 Å². The molecule has 0 N–H and O–H groups in total. The van der Waals surface area contributed by atoms with Crippen molar-refractivity contribution in [2.45, 2.75) is 13.8 Å². The highest BCUT2D eigenvalue weighted by Gasteiger charge is 2.14. The van der Waals surface area contributed by atoms with Crippen LogP contribution in [-0.4, -0.2) is 5.78 Å². The van der Waals surface area contributed by atoms with Gasteiger partial charge in [0.1, 0.15) is 11.6 Å². The molecule has 0 fully saturated rings. The maximum atomic E-state index is 13.1. The van der Waals surface area contributed by atoms with E-state index in [0.717, 1.165) is 0 Å². The molecule has 2 rings (SSSR count). The molecular weight excluding hydrogens is 207 g/mol. The van der Waals surface area contributed by atoms with Crippen molar-refractivity contribution >= 4 is 5.78 Å². The van der Waals surface area contributed by atoms with E-state index in [0.29, 0.717) is 22.5 Å². The van der Waals surface area contributed by atoms with Gasteiger partial charge in [-0.15, -0.1) is 0 Å². The number of benzene rings is 1. The molecule has 0 spiro atoms. The number of hydrogen-bond acceptors (Lipinski definition) is 2. The van der Waals surface area contributed by atoms with Crippen LogP contribution in [0.25, 0.3) is 0 Å². The summed E-state index contributed by atoms with van der Waals surface area (Å²) in [5.41, 5.74) is 1.46. The van der Waals surface area contributed by atoms with Gasteiger partial charge in [0, 0.05) is 5.56 Å². The number of aryl methyl sites for hydroxylation is 2. The Hall–Kier alpha value is -1.90. The summed E-state index contributed by atoms with van der Waals surface area (Å²) < 4.78 is 18.1. The zero-order valence-corrected chi connectivity index (χ0v) is 9.08. The predicted molar refractivity (Wildman–Crippen MR) is 58.0 cm³/mol. The molecule has 2 aromatic rings. The van der Waals surface area contributed by atoms with E-state index in [9.17, 15) is 9.18 Å². The second kappa shape index (κ2) is 3.93. The Balaban J connectivity index is 2.42. The second-order valence-electron chi connectivity index (χ2n) is 3.68. The Bertz CT molecular complexity index is 541. The van der Waals surface area contributed by atoms with Crippen molar-refractivity contribution in [3.05, 3.63) is 58.8 Å². The Morgan fingerprint density at radius 1 is 1.25 bits per heavy atom. The minimum Gasteiger partial charge on any atom is -0.469 e. The molecule has 2 nitrogen and oxygen atoms in total. The minimum absolute atomic E-state index is 0.144. The molecule has 16 heavy (non-hydrogen) atoms. The van der Waals surface area contributed by atoms with Gasteiger partial charge in [-0.05, 0) is 43.7 Å². The smallest absolute Gasteiger partial charge is 0.196 e. The third-order valence-corrected chi connectivity index (χ3v) is 2.52. The van der Waals surface area contributed by atoms with Gasteiger partial charge in [0.15, 0.2) is 5.78 Å². The van der Waals surface area contributed by atoms with Crippen LogP contribution in [0.3, 0.4) is 0 Å². The lowest BCUT2D eigenvalue weighted by atomic mass is 10.0. The van der Waals surface area contributed by atoms with Crippen molar-refractivity contribution in [3.63, 3.8) is 0 Å². The number of halogens is 1. The molecule has 1 aromatic heterocycles. The quantitative estimate of drug-likeness (QED) is 0.724. The summed E-state index contributed by atoms with van der Waals surface area (Å²) in [6, 6.07) is 5.95. The van der Waals surface area contributed by atoms with Gasteiger partial charge in [-0.25, -0.2) is 4.39 Å². The topological polar surface area (TPSA) is 30.2 Å². The van der Waals surface area contributed by atoms with Gasteiger partial charge in [0.2, 0.25) is 0 Å². The average Bonchev–Trinajstić information content (AvgIpc) is 2.67. The third-order valence-electron chi connectivity index (χ3n) is 2.52. The molecule has 0 bridgehead atoms. The first-order valence-corrected chi connectivity index (χ1v) is 4.94. The van der Waals surface area contributed by atoms with Crippen molar-refractivity contribution in [3.8, 4) is 0 Å². The largest absolute Gasteiger partial charge is 0.469 e. The van der Waals surface area contributed by atoms with E-state index < -0.39 is 0 Å².